The highest BCUT2D eigenvalue weighted by atomic mass is 32.1. The molecule has 3 aromatic rings. The number of anilines is 1. The summed E-state index contributed by atoms with van der Waals surface area (Å²) in [6.07, 6.45) is 1.64. The maximum absolute atomic E-state index is 12.2. The molecule has 114 valence electrons. The Kier molecular flexibility index (Phi) is 3.40. The number of amides is 1. The maximum atomic E-state index is 12.2. The average molecular weight is 316 g/mol. The van der Waals surface area contributed by atoms with Gasteiger partial charge in [-0.3, -0.25) is 10.1 Å². The van der Waals surface area contributed by atoms with Crippen molar-refractivity contribution in [2.24, 2.45) is 0 Å². The maximum Gasteiger partial charge on any atom is 0.297 e. The van der Waals surface area contributed by atoms with Crippen LogP contribution in [0.25, 0.3) is 5.78 Å². The first-order valence-electron chi connectivity index (χ1n) is 6.80. The molecule has 0 aliphatic heterocycles. The lowest BCUT2D eigenvalue weighted by molar-refractivity contribution is 0.101. The molecule has 7 nitrogen and oxygen atoms in total. The molecule has 0 saturated carbocycles. The molecule has 0 aliphatic rings. The Labute approximate surface area is 131 Å². The van der Waals surface area contributed by atoms with E-state index in [0.717, 1.165) is 11.4 Å². The molecule has 3 rings (SSSR count). The Hall–Kier alpha value is -2.35. The fourth-order valence-electron chi connectivity index (χ4n) is 1.83. The fourth-order valence-corrected chi connectivity index (χ4v) is 2.76. The van der Waals surface area contributed by atoms with E-state index in [9.17, 15) is 4.79 Å². The molecule has 1 N–H and O–H groups in total. The van der Waals surface area contributed by atoms with Gasteiger partial charge in [-0.05, 0) is 13.0 Å². The highest BCUT2D eigenvalue weighted by Crippen LogP contribution is 2.26. The summed E-state index contributed by atoms with van der Waals surface area (Å²) >= 11 is 1.39. The summed E-state index contributed by atoms with van der Waals surface area (Å²) in [5, 5.41) is 9.39. The molecule has 0 bridgehead atoms. The quantitative estimate of drug-likeness (QED) is 0.785. The van der Waals surface area contributed by atoms with E-state index in [-0.39, 0.29) is 17.1 Å². The van der Waals surface area contributed by atoms with E-state index in [0.29, 0.717) is 10.9 Å². The number of nitrogens with zero attached hydrogens (tertiary/aromatic N) is 5. The number of carbonyl (C=O) groups is 1. The van der Waals surface area contributed by atoms with Crippen molar-refractivity contribution in [3.8, 4) is 0 Å². The summed E-state index contributed by atoms with van der Waals surface area (Å²) in [6.45, 7) is 8.10. The van der Waals surface area contributed by atoms with Gasteiger partial charge >= 0.3 is 0 Å². The van der Waals surface area contributed by atoms with Crippen molar-refractivity contribution in [2.75, 3.05) is 5.32 Å². The minimum atomic E-state index is -0.389. The molecule has 0 saturated heterocycles. The molecule has 3 aromatic heterocycles. The topological polar surface area (TPSA) is 85.1 Å². The van der Waals surface area contributed by atoms with Gasteiger partial charge in [-0.25, -0.2) is 14.5 Å². The first kappa shape index (κ1) is 14.6. The molecule has 0 aliphatic carbocycles. The van der Waals surface area contributed by atoms with Crippen molar-refractivity contribution in [3.63, 3.8) is 0 Å². The third kappa shape index (κ3) is 2.69. The van der Waals surface area contributed by atoms with Crippen LogP contribution >= 0.6 is 11.3 Å². The predicted molar refractivity (Wildman–Crippen MR) is 84.3 cm³/mol. The third-order valence-corrected chi connectivity index (χ3v) is 3.88. The number of aryl methyl sites for hydroxylation is 1. The standard InChI is InChI=1S/C14H16N6OS/c1-8-5-6-15-12-17-10(19-20(8)12)11(21)18-13-16-9(7-22-13)14(2,3)4/h5-7H,1-4H3,(H,16,18,21). The number of hydrogen-bond acceptors (Lipinski definition) is 6. The van der Waals surface area contributed by atoms with E-state index in [4.69, 9.17) is 0 Å². The average Bonchev–Trinajstić information content (AvgIpc) is 3.04. The molecule has 8 heteroatoms. The lowest BCUT2D eigenvalue weighted by Gasteiger charge is -2.14. The number of aromatic nitrogens is 5. The van der Waals surface area contributed by atoms with Gasteiger partial charge in [-0.1, -0.05) is 20.8 Å². The van der Waals surface area contributed by atoms with Gasteiger partial charge in [-0.15, -0.1) is 16.4 Å². The van der Waals surface area contributed by atoms with Crippen LogP contribution in [0.5, 0.6) is 0 Å². The van der Waals surface area contributed by atoms with Crippen LogP contribution in [0.15, 0.2) is 17.6 Å². The zero-order valence-corrected chi connectivity index (χ0v) is 13.6. The number of rotatable bonds is 2. The highest BCUT2D eigenvalue weighted by molar-refractivity contribution is 7.14. The summed E-state index contributed by atoms with van der Waals surface area (Å²) in [6, 6.07) is 1.81. The molecule has 22 heavy (non-hydrogen) atoms. The second kappa shape index (κ2) is 5.13. The lowest BCUT2D eigenvalue weighted by Crippen LogP contribution is -2.15. The Balaban J connectivity index is 1.84. The van der Waals surface area contributed by atoms with Crippen LogP contribution in [0.3, 0.4) is 0 Å². The molecular formula is C14H16N6OS. The van der Waals surface area contributed by atoms with Crippen LogP contribution in [-0.2, 0) is 5.41 Å². The summed E-state index contributed by atoms with van der Waals surface area (Å²) < 4.78 is 1.54. The largest absolute Gasteiger partial charge is 0.297 e. The lowest BCUT2D eigenvalue weighted by atomic mass is 9.93. The van der Waals surface area contributed by atoms with E-state index >= 15 is 0 Å². The monoisotopic (exact) mass is 316 g/mol. The number of hydrogen-bond donors (Lipinski definition) is 1. The number of nitrogens with one attached hydrogen (secondary N) is 1. The smallest absolute Gasteiger partial charge is 0.295 e. The van der Waals surface area contributed by atoms with Crippen LogP contribution in [0, 0.1) is 6.92 Å². The van der Waals surface area contributed by atoms with Crippen molar-refractivity contribution in [3.05, 3.63) is 34.9 Å². The van der Waals surface area contributed by atoms with Crippen LogP contribution in [0.2, 0.25) is 0 Å². The number of carbonyl (C=O) groups excluding carboxylic acids is 1. The molecule has 0 radical (unpaired) electrons. The van der Waals surface area contributed by atoms with Crippen LogP contribution in [0.4, 0.5) is 5.13 Å². The van der Waals surface area contributed by atoms with Gasteiger partial charge in [0.25, 0.3) is 11.7 Å². The van der Waals surface area contributed by atoms with Crippen molar-refractivity contribution >= 4 is 28.2 Å². The number of thiazole rings is 1. The minimum Gasteiger partial charge on any atom is -0.295 e. The molecule has 0 fully saturated rings. The van der Waals surface area contributed by atoms with Gasteiger partial charge < -0.3 is 0 Å². The van der Waals surface area contributed by atoms with Crippen molar-refractivity contribution in [2.45, 2.75) is 33.1 Å². The van der Waals surface area contributed by atoms with Gasteiger partial charge in [0.1, 0.15) is 0 Å². The van der Waals surface area contributed by atoms with Crippen LogP contribution in [-0.4, -0.2) is 30.5 Å². The van der Waals surface area contributed by atoms with E-state index in [1.807, 2.05) is 12.3 Å². The van der Waals surface area contributed by atoms with Crippen molar-refractivity contribution < 1.29 is 4.79 Å². The second-order valence-electron chi connectivity index (χ2n) is 5.98. The van der Waals surface area contributed by atoms with Crippen molar-refractivity contribution in [1.29, 1.82) is 0 Å². The van der Waals surface area contributed by atoms with Gasteiger partial charge in [-0.2, -0.15) is 4.98 Å². The van der Waals surface area contributed by atoms with E-state index in [2.05, 4.69) is 46.1 Å². The van der Waals surface area contributed by atoms with Crippen LogP contribution < -0.4 is 5.32 Å². The first-order valence-corrected chi connectivity index (χ1v) is 7.68. The molecule has 0 atom stereocenters. The Morgan fingerprint density at radius 1 is 1.32 bits per heavy atom. The van der Waals surface area contributed by atoms with Crippen LogP contribution in [0.1, 0.15) is 42.8 Å². The summed E-state index contributed by atoms with van der Waals surface area (Å²) in [7, 11) is 0. The molecule has 1 amide bonds. The molecule has 0 spiro atoms. The fraction of sp³-hybridized carbons (Fsp3) is 0.357. The van der Waals surface area contributed by atoms with E-state index in [1.165, 1.54) is 15.9 Å². The van der Waals surface area contributed by atoms with Gasteiger partial charge in [0.05, 0.1) is 5.69 Å². The normalized spacial score (nSPS) is 11.8. The first-order chi connectivity index (χ1) is 10.3. The Bertz CT molecular complexity index is 845. The molecule has 3 heterocycles. The zero-order valence-electron chi connectivity index (χ0n) is 12.8. The summed E-state index contributed by atoms with van der Waals surface area (Å²) in [5.41, 5.74) is 1.75. The minimum absolute atomic E-state index is 0.0537. The number of fused-ring (bicyclic) bond motifs is 1. The highest BCUT2D eigenvalue weighted by Gasteiger charge is 2.20. The second-order valence-corrected chi connectivity index (χ2v) is 6.83. The Morgan fingerprint density at radius 2 is 2.09 bits per heavy atom. The van der Waals surface area contributed by atoms with Gasteiger partial charge in [0.2, 0.25) is 5.82 Å². The molecule has 0 aromatic carbocycles. The third-order valence-electron chi connectivity index (χ3n) is 3.13. The van der Waals surface area contributed by atoms with Gasteiger partial charge in [0, 0.05) is 22.7 Å². The molecule has 0 unspecified atom stereocenters. The SMILES string of the molecule is Cc1ccnc2nc(C(=O)Nc3nc(C(C)(C)C)cs3)nn12. The Morgan fingerprint density at radius 3 is 2.73 bits per heavy atom. The van der Waals surface area contributed by atoms with Gasteiger partial charge in [0.15, 0.2) is 5.13 Å². The van der Waals surface area contributed by atoms with E-state index in [1.54, 1.807) is 12.3 Å². The van der Waals surface area contributed by atoms with Crippen molar-refractivity contribution in [1.82, 2.24) is 24.6 Å². The zero-order chi connectivity index (χ0) is 15.9. The van der Waals surface area contributed by atoms with E-state index < -0.39 is 0 Å². The molecular weight excluding hydrogens is 300 g/mol. The summed E-state index contributed by atoms with van der Waals surface area (Å²) in [4.78, 5) is 24.9. The predicted octanol–water partition coefficient (Wildman–Crippen LogP) is 2.44. The summed E-state index contributed by atoms with van der Waals surface area (Å²) in [5.74, 6) is 0.0914.